The van der Waals surface area contributed by atoms with E-state index in [1.54, 1.807) is 0 Å². The molecule has 152 valence electrons. The van der Waals surface area contributed by atoms with Crippen LogP contribution in [0.1, 0.15) is 44.1 Å². The Bertz CT molecular complexity index is 789. The van der Waals surface area contributed by atoms with Gasteiger partial charge in [-0.1, -0.05) is 23.7 Å². The lowest BCUT2D eigenvalue weighted by Gasteiger charge is -2.34. The molecule has 1 atom stereocenters. The van der Waals surface area contributed by atoms with Crippen LogP contribution in [0.15, 0.2) is 28.8 Å². The fourth-order valence-electron chi connectivity index (χ4n) is 3.43. The van der Waals surface area contributed by atoms with E-state index in [4.69, 9.17) is 4.52 Å². The Kier molecular flexibility index (Phi) is 6.33. The largest absolute Gasteiger partial charge is 0.416 e. The van der Waals surface area contributed by atoms with Crippen molar-refractivity contribution in [1.82, 2.24) is 20.4 Å². The highest BCUT2D eigenvalue weighted by Gasteiger charge is 2.30. The second-order valence-electron chi connectivity index (χ2n) is 6.98. The van der Waals surface area contributed by atoms with Crippen molar-refractivity contribution in [2.75, 3.05) is 13.1 Å². The highest BCUT2D eigenvalue weighted by Crippen LogP contribution is 2.30. The lowest BCUT2D eigenvalue weighted by Crippen LogP contribution is -2.41. The van der Waals surface area contributed by atoms with Crippen LogP contribution in [0.5, 0.6) is 0 Å². The number of nitrogens with zero attached hydrogens (tertiary/aromatic N) is 3. The molecule has 1 saturated heterocycles. The number of halogens is 3. The van der Waals surface area contributed by atoms with Gasteiger partial charge < -0.3 is 9.84 Å². The molecule has 6 nitrogen and oxygen atoms in total. The zero-order valence-electron chi connectivity index (χ0n) is 15.6. The minimum atomic E-state index is -4.37. The van der Waals surface area contributed by atoms with Gasteiger partial charge in [-0.3, -0.25) is 9.69 Å². The summed E-state index contributed by atoms with van der Waals surface area (Å²) in [5, 5.41) is 6.72. The van der Waals surface area contributed by atoms with E-state index in [0.717, 1.165) is 44.4 Å². The number of hydrogen-bond donors (Lipinski definition) is 1. The maximum absolute atomic E-state index is 12.7. The van der Waals surface area contributed by atoms with Crippen LogP contribution in [0.3, 0.4) is 0 Å². The summed E-state index contributed by atoms with van der Waals surface area (Å²) in [5.74, 6) is 0.664. The molecule has 3 rings (SSSR count). The van der Waals surface area contributed by atoms with Crippen LogP contribution in [0, 0.1) is 0 Å². The molecular weight excluding hydrogens is 373 g/mol. The van der Waals surface area contributed by atoms with Gasteiger partial charge in [-0.05, 0) is 37.9 Å². The highest BCUT2D eigenvalue weighted by atomic mass is 19.4. The van der Waals surface area contributed by atoms with Crippen LogP contribution in [-0.2, 0) is 17.5 Å². The Morgan fingerprint density at radius 3 is 2.71 bits per heavy atom. The second kappa shape index (κ2) is 8.72. The maximum atomic E-state index is 12.7. The van der Waals surface area contributed by atoms with Gasteiger partial charge in [0, 0.05) is 25.1 Å². The van der Waals surface area contributed by atoms with Crippen molar-refractivity contribution in [2.24, 2.45) is 0 Å². The summed E-state index contributed by atoms with van der Waals surface area (Å²) in [7, 11) is 0. The van der Waals surface area contributed by atoms with Gasteiger partial charge in [0.1, 0.15) is 0 Å². The molecule has 1 fully saturated rings. The minimum Gasteiger partial charge on any atom is -0.356 e. The predicted octanol–water partition coefficient (Wildman–Crippen LogP) is 3.64. The van der Waals surface area contributed by atoms with Crippen LogP contribution in [0.25, 0.3) is 11.4 Å². The Morgan fingerprint density at radius 1 is 1.29 bits per heavy atom. The average molecular weight is 396 g/mol. The standard InChI is InChI=1S/C19H23F3N4O2/c1-13(27)23-10-9-16-4-2-3-11-26(16)12-17-24-18(25-28-17)14-5-7-15(8-6-14)19(20,21)22/h5-8,16H,2-4,9-12H2,1H3,(H,23,27)/t16-/m0/s1. The molecule has 2 heterocycles. The van der Waals surface area contributed by atoms with E-state index in [-0.39, 0.29) is 11.7 Å². The van der Waals surface area contributed by atoms with E-state index >= 15 is 0 Å². The molecule has 0 aliphatic carbocycles. The number of benzene rings is 1. The summed E-state index contributed by atoms with van der Waals surface area (Å²) in [5.41, 5.74) is -0.237. The molecule has 28 heavy (non-hydrogen) atoms. The van der Waals surface area contributed by atoms with E-state index in [0.29, 0.717) is 30.6 Å². The first-order valence-corrected chi connectivity index (χ1v) is 9.31. The number of carbonyl (C=O) groups excluding carboxylic acids is 1. The first-order valence-electron chi connectivity index (χ1n) is 9.31. The molecule has 1 aromatic heterocycles. The molecule has 1 aromatic carbocycles. The Labute approximate surface area is 161 Å². The summed E-state index contributed by atoms with van der Waals surface area (Å²) >= 11 is 0. The molecule has 0 radical (unpaired) electrons. The minimum absolute atomic E-state index is 0.0413. The molecular formula is C19H23F3N4O2. The van der Waals surface area contributed by atoms with E-state index in [9.17, 15) is 18.0 Å². The van der Waals surface area contributed by atoms with E-state index in [1.165, 1.54) is 19.1 Å². The van der Waals surface area contributed by atoms with E-state index < -0.39 is 11.7 Å². The van der Waals surface area contributed by atoms with Crippen LogP contribution in [0.2, 0.25) is 0 Å². The van der Waals surface area contributed by atoms with Gasteiger partial charge >= 0.3 is 6.18 Å². The summed E-state index contributed by atoms with van der Waals surface area (Å²) in [6.07, 6.45) is -0.265. The summed E-state index contributed by atoms with van der Waals surface area (Å²) < 4.78 is 43.3. The van der Waals surface area contributed by atoms with Crippen LogP contribution in [0.4, 0.5) is 13.2 Å². The second-order valence-corrected chi connectivity index (χ2v) is 6.98. The van der Waals surface area contributed by atoms with Crippen LogP contribution < -0.4 is 5.32 Å². The third-order valence-corrected chi connectivity index (χ3v) is 4.88. The molecule has 0 saturated carbocycles. The number of hydrogen-bond acceptors (Lipinski definition) is 5. The first kappa shape index (κ1) is 20.3. The fourth-order valence-corrected chi connectivity index (χ4v) is 3.43. The van der Waals surface area contributed by atoms with Crippen molar-refractivity contribution in [3.63, 3.8) is 0 Å². The van der Waals surface area contributed by atoms with Gasteiger partial charge in [0.2, 0.25) is 17.6 Å². The maximum Gasteiger partial charge on any atom is 0.416 e. The molecule has 1 amide bonds. The van der Waals surface area contributed by atoms with Gasteiger partial charge in [-0.25, -0.2) is 0 Å². The van der Waals surface area contributed by atoms with Gasteiger partial charge in [0.15, 0.2) is 0 Å². The number of alkyl halides is 3. The Morgan fingerprint density at radius 2 is 2.04 bits per heavy atom. The number of amides is 1. The fraction of sp³-hybridized carbons (Fsp3) is 0.526. The monoisotopic (exact) mass is 396 g/mol. The number of nitrogens with one attached hydrogen (secondary N) is 1. The van der Waals surface area contributed by atoms with Gasteiger partial charge in [-0.15, -0.1) is 0 Å². The average Bonchev–Trinajstić information content (AvgIpc) is 3.11. The summed E-state index contributed by atoms with van der Waals surface area (Å²) in [4.78, 5) is 17.6. The highest BCUT2D eigenvalue weighted by molar-refractivity contribution is 5.72. The zero-order chi connectivity index (χ0) is 20.1. The molecule has 1 aliphatic heterocycles. The number of piperidine rings is 1. The van der Waals surface area contributed by atoms with Gasteiger partial charge in [0.25, 0.3) is 0 Å². The van der Waals surface area contributed by atoms with Crippen LogP contribution in [-0.4, -0.2) is 40.1 Å². The normalized spacial score (nSPS) is 18.2. The third-order valence-electron chi connectivity index (χ3n) is 4.88. The van der Waals surface area contributed by atoms with Crippen LogP contribution >= 0.6 is 0 Å². The molecule has 0 bridgehead atoms. The SMILES string of the molecule is CC(=O)NCC[C@@H]1CCCCN1Cc1nc(-c2ccc(C(F)(F)F)cc2)no1. The number of carbonyl (C=O) groups is 1. The smallest absolute Gasteiger partial charge is 0.356 e. The quantitative estimate of drug-likeness (QED) is 0.807. The topological polar surface area (TPSA) is 71.3 Å². The number of rotatable bonds is 6. The first-order chi connectivity index (χ1) is 13.3. The molecule has 1 aliphatic rings. The van der Waals surface area contributed by atoms with Crippen molar-refractivity contribution in [3.05, 3.63) is 35.7 Å². The van der Waals surface area contributed by atoms with Crippen molar-refractivity contribution < 1.29 is 22.5 Å². The van der Waals surface area contributed by atoms with Gasteiger partial charge in [-0.2, -0.15) is 18.2 Å². The predicted molar refractivity (Wildman–Crippen MR) is 96.1 cm³/mol. The lowest BCUT2D eigenvalue weighted by atomic mass is 9.99. The van der Waals surface area contributed by atoms with Crippen molar-refractivity contribution in [2.45, 2.75) is 51.4 Å². The van der Waals surface area contributed by atoms with E-state index in [1.807, 2.05) is 0 Å². The number of aromatic nitrogens is 2. The number of likely N-dealkylation sites (tertiary alicyclic amines) is 1. The molecule has 1 N–H and O–H groups in total. The van der Waals surface area contributed by atoms with E-state index in [2.05, 4.69) is 20.4 Å². The third kappa shape index (κ3) is 5.31. The van der Waals surface area contributed by atoms with Crippen molar-refractivity contribution in [1.29, 1.82) is 0 Å². The van der Waals surface area contributed by atoms with Gasteiger partial charge in [0.05, 0.1) is 12.1 Å². The Balaban J connectivity index is 1.63. The summed E-state index contributed by atoms with van der Waals surface area (Å²) in [6, 6.07) is 5.02. The Hall–Kier alpha value is -2.42. The van der Waals surface area contributed by atoms with Crippen molar-refractivity contribution in [3.8, 4) is 11.4 Å². The zero-order valence-corrected chi connectivity index (χ0v) is 15.6. The molecule has 2 aromatic rings. The molecule has 9 heteroatoms. The molecule has 0 unspecified atom stereocenters. The molecule has 0 spiro atoms. The summed E-state index contributed by atoms with van der Waals surface area (Å²) in [6.45, 7) is 3.51. The lowest BCUT2D eigenvalue weighted by molar-refractivity contribution is -0.137. The van der Waals surface area contributed by atoms with Crippen molar-refractivity contribution >= 4 is 5.91 Å².